The Morgan fingerprint density at radius 1 is 1.29 bits per heavy atom. The summed E-state index contributed by atoms with van der Waals surface area (Å²) in [5.41, 5.74) is 2.84. The maximum Gasteiger partial charge on any atom is 0.191 e. The largest absolute Gasteiger partial charge is 0.508 e. The fraction of sp³-hybridized carbons (Fsp3) is 0.526. The topological polar surface area (TPSA) is 67.5 Å². The smallest absolute Gasteiger partial charge is 0.191 e. The number of ether oxygens (including phenoxy) is 1. The predicted octanol–water partition coefficient (Wildman–Crippen LogP) is 3.96. The molecule has 1 heterocycles. The zero-order chi connectivity index (χ0) is 17.4. The van der Waals surface area contributed by atoms with Crippen molar-refractivity contribution in [3.63, 3.8) is 0 Å². The van der Waals surface area contributed by atoms with Crippen LogP contribution in [0.15, 0.2) is 22.6 Å². The Morgan fingerprint density at radius 3 is 2.54 bits per heavy atom. The van der Waals surface area contributed by atoms with Crippen molar-refractivity contribution in [3.8, 4) is 5.75 Å². The Balaban J connectivity index is 1.96. The standard InChI is InChI=1S/C19H26N2O3/c1-6-13-16(14-8-7-12(20-4)9-15(14)22)19(23-5)17(13)18-10(2)24-11(3)21-18/h7-9,13,16-17,19-20,22H,6H2,1-5H3. The minimum Gasteiger partial charge on any atom is -0.508 e. The lowest BCUT2D eigenvalue weighted by atomic mass is 9.57. The van der Waals surface area contributed by atoms with Gasteiger partial charge in [0.2, 0.25) is 0 Å². The molecule has 4 unspecified atom stereocenters. The van der Waals surface area contributed by atoms with E-state index in [0.717, 1.165) is 29.1 Å². The van der Waals surface area contributed by atoms with Crippen molar-refractivity contribution in [3.05, 3.63) is 41.1 Å². The number of methoxy groups -OCH3 is 1. The molecule has 0 aliphatic heterocycles. The van der Waals surface area contributed by atoms with Crippen LogP contribution in [0.2, 0.25) is 0 Å². The van der Waals surface area contributed by atoms with Crippen molar-refractivity contribution in [2.45, 2.75) is 45.1 Å². The van der Waals surface area contributed by atoms with Gasteiger partial charge in [-0.2, -0.15) is 0 Å². The Morgan fingerprint density at radius 2 is 2.04 bits per heavy atom. The lowest BCUT2D eigenvalue weighted by Crippen LogP contribution is -2.49. The van der Waals surface area contributed by atoms with E-state index in [0.29, 0.717) is 17.6 Å². The molecule has 24 heavy (non-hydrogen) atoms. The van der Waals surface area contributed by atoms with E-state index in [9.17, 15) is 5.11 Å². The first-order valence-corrected chi connectivity index (χ1v) is 8.49. The average Bonchev–Trinajstić information content (AvgIpc) is 2.86. The van der Waals surface area contributed by atoms with E-state index in [1.54, 1.807) is 13.2 Å². The number of benzene rings is 1. The van der Waals surface area contributed by atoms with E-state index in [-0.39, 0.29) is 17.9 Å². The molecule has 5 heteroatoms. The highest BCUT2D eigenvalue weighted by Crippen LogP contribution is 2.57. The van der Waals surface area contributed by atoms with Crippen molar-refractivity contribution in [1.29, 1.82) is 0 Å². The van der Waals surface area contributed by atoms with Crippen molar-refractivity contribution in [2.24, 2.45) is 5.92 Å². The van der Waals surface area contributed by atoms with E-state index < -0.39 is 0 Å². The molecular formula is C19H26N2O3. The van der Waals surface area contributed by atoms with Gasteiger partial charge in [-0.3, -0.25) is 0 Å². The highest BCUT2D eigenvalue weighted by Gasteiger charge is 2.53. The van der Waals surface area contributed by atoms with Gasteiger partial charge in [-0.15, -0.1) is 0 Å². The lowest BCUT2D eigenvalue weighted by Gasteiger charge is -2.51. The van der Waals surface area contributed by atoms with Crippen LogP contribution in [0.4, 0.5) is 5.69 Å². The third-order valence-corrected chi connectivity index (χ3v) is 5.31. The van der Waals surface area contributed by atoms with Crippen LogP contribution in [-0.2, 0) is 4.74 Å². The molecule has 5 nitrogen and oxygen atoms in total. The molecule has 3 rings (SSSR count). The van der Waals surface area contributed by atoms with Gasteiger partial charge in [-0.05, 0) is 18.9 Å². The maximum atomic E-state index is 10.5. The van der Waals surface area contributed by atoms with E-state index in [2.05, 4.69) is 17.2 Å². The summed E-state index contributed by atoms with van der Waals surface area (Å²) in [6, 6.07) is 5.76. The Labute approximate surface area is 143 Å². The molecule has 0 radical (unpaired) electrons. The number of hydrogen-bond donors (Lipinski definition) is 2. The Hall–Kier alpha value is -2.01. The molecule has 0 spiro atoms. The first-order valence-electron chi connectivity index (χ1n) is 8.49. The van der Waals surface area contributed by atoms with Gasteiger partial charge in [0, 0.05) is 50.2 Å². The first-order chi connectivity index (χ1) is 11.5. The summed E-state index contributed by atoms with van der Waals surface area (Å²) in [7, 11) is 3.58. The van der Waals surface area contributed by atoms with Crippen LogP contribution < -0.4 is 5.32 Å². The summed E-state index contributed by atoms with van der Waals surface area (Å²) in [5, 5.41) is 13.5. The third-order valence-electron chi connectivity index (χ3n) is 5.31. The van der Waals surface area contributed by atoms with E-state index in [1.807, 2.05) is 33.0 Å². The van der Waals surface area contributed by atoms with Crippen LogP contribution in [0.1, 0.15) is 48.1 Å². The molecule has 1 aliphatic rings. The molecule has 0 bridgehead atoms. The summed E-state index contributed by atoms with van der Waals surface area (Å²) < 4.78 is 11.4. The third kappa shape index (κ3) is 2.57. The summed E-state index contributed by atoms with van der Waals surface area (Å²) in [6.45, 7) is 6.01. The van der Waals surface area contributed by atoms with Gasteiger partial charge in [-0.25, -0.2) is 4.98 Å². The predicted molar refractivity (Wildman–Crippen MR) is 93.7 cm³/mol. The number of aromatic hydroxyl groups is 1. The van der Waals surface area contributed by atoms with Crippen molar-refractivity contribution in [2.75, 3.05) is 19.5 Å². The zero-order valence-corrected chi connectivity index (χ0v) is 15.0. The number of aromatic nitrogens is 1. The van der Waals surface area contributed by atoms with Gasteiger partial charge in [0.15, 0.2) is 5.89 Å². The molecule has 4 atom stereocenters. The number of hydrogen-bond acceptors (Lipinski definition) is 5. The lowest BCUT2D eigenvalue weighted by molar-refractivity contribution is -0.0543. The van der Waals surface area contributed by atoms with Crippen LogP contribution in [0.3, 0.4) is 0 Å². The minimum absolute atomic E-state index is 0.00974. The molecule has 1 aromatic heterocycles. The first kappa shape index (κ1) is 16.8. The monoisotopic (exact) mass is 330 g/mol. The fourth-order valence-electron chi connectivity index (χ4n) is 4.19. The second-order valence-electron chi connectivity index (χ2n) is 6.52. The molecular weight excluding hydrogens is 304 g/mol. The van der Waals surface area contributed by atoms with E-state index >= 15 is 0 Å². The number of phenolic OH excluding ortho intramolecular Hbond substituents is 1. The molecule has 2 N–H and O–H groups in total. The summed E-state index contributed by atoms with van der Waals surface area (Å²) in [5.74, 6) is 2.60. The molecule has 130 valence electrons. The van der Waals surface area contributed by atoms with E-state index in [1.165, 1.54) is 0 Å². The van der Waals surface area contributed by atoms with Crippen LogP contribution in [0.25, 0.3) is 0 Å². The van der Waals surface area contributed by atoms with Gasteiger partial charge in [-0.1, -0.05) is 19.4 Å². The summed E-state index contributed by atoms with van der Waals surface area (Å²) in [6.07, 6.45) is 0.984. The molecule has 1 fully saturated rings. The molecule has 0 amide bonds. The van der Waals surface area contributed by atoms with Crippen LogP contribution >= 0.6 is 0 Å². The number of anilines is 1. The SMILES string of the molecule is CCC1C(c2ccc(NC)cc2O)C(OC)C1c1nc(C)oc1C. The van der Waals surface area contributed by atoms with Gasteiger partial charge in [0.25, 0.3) is 0 Å². The zero-order valence-electron chi connectivity index (χ0n) is 15.0. The maximum absolute atomic E-state index is 10.5. The second-order valence-corrected chi connectivity index (χ2v) is 6.52. The average molecular weight is 330 g/mol. The number of aryl methyl sites for hydroxylation is 2. The molecule has 1 aromatic carbocycles. The fourth-order valence-corrected chi connectivity index (χ4v) is 4.19. The van der Waals surface area contributed by atoms with Crippen LogP contribution in [0.5, 0.6) is 5.75 Å². The molecule has 1 aliphatic carbocycles. The molecule has 1 saturated carbocycles. The molecule has 2 aromatic rings. The van der Waals surface area contributed by atoms with E-state index in [4.69, 9.17) is 9.15 Å². The van der Waals surface area contributed by atoms with Gasteiger partial charge in [0.1, 0.15) is 11.5 Å². The Bertz CT molecular complexity index is 713. The van der Waals surface area contributed by atoms with Crippen LogP contribution in [0, 0.1) is 19.8 Å². The number of oxazole rings is 1. The van der Waals surface area contributed by atoms with Crippen LogP contribution in [-0.4, -0.2) is 30.4 Å². The minimum atomic E-state index is -0.00974. The van der Waals surface area contributed by atoms with Crippen molar-refractivity contribution >= 4 is 5.69 Å². The summed E-state index contributed by atoms with van der Waals surface area (Å²) >= 11 is 0. The second kappa shape index (κ2) is 6.48. The quantitative estimate of drug-likeness (QED) is 0.868. The number of phenols is 1. The van der Waals surface area contributed by atoms with Gasteiger partial charge in [0.05, 0.1) is 11.8 Å². The number of rotatable bonds is 5. The Kier molecular flexibility index (Phi) is 4.54. The van der Waals surface area contributed by atoms with Gasteiger partial charge < -0.3 is 19.6 Å². The number of nitrogens with zero attached hydrogens (tertiary/aromatic N) is 1. The highest BCUT2D eigenvalue weighted by molar-refractivity contribution is 5.53. The van der Waals surface area contributed by atoms with Gasteiger partial charge >= 0.3 is 0 Å². The van der Waals surface area contributed by atoms with Crippen molar-refractivity contribution < 1.29 is 14.3 Å². The summed E-state index contributed by atoms with van der Waals surface area (Å²) in [4.78, 5) is 4.59. The number of nitrogens with one attached hydrogen (secondary N) is 1. The highest BCUT2D eigenvalue weighted by atomic mass is 16.5. The molecule has 0 saturated heterocycles. The normalized spacial score (nSPS) is 26.2. The van der Waals surface area contributed by atoms with Crippen molar-refractivity contribution in [1.82, 2.24) is 4.98 Å².